The first-order valence-electron chi connectivity index (χ1n) is 7.88. The van der Waals surface area contributed by atoms with Crippen molar-refractivity contribution in [1.82, 2.24) is 0 Å². The maximum Gasteiger partial charge on any atom is 0.417 e. The Morgan fingerprint density at radius 1 is 0.962 bits per heavy atom. The second-order valence-corrected chi connectivity index (χ2v) is 6.06. The fourth-order valence-corrected chi connectivity index (χ4v) is 3.03. The van der Waals surface area contributed by atoms with Crippen LogP contribution in [-0.2, 0) is 18.8 Å². The Balaban J connectivity index is 2.23. The van der Waals surface area contributed by atoms with Crippen molar-refractivity contribution in [2.75, 3.05) is 6.54 Å². The molecule has 2 nitrogen and oxygen atoms in total. The fourth-order valence-electron chi connectivity index (χ4n) is 3.03. The third-order valence-corrected chi connectivity index (χ3v) is 4.32. The molecule has 26 heavy (non-hydrogen) atoms. The highest BCUT2D eigenvalue weighted by atomic mass is 19.4. The molecule has 0 radical (unpaired) electrons. The van der Waals surface area contributed by atoms with Crippen LogP contribution in [0.5, 0.6) is 5.75 Å². The number of hydrogen-bond acceptors (Lipinski definition) is 2. The first kappa shape index (κ1) is 18.6. The molecule has 8 heteroatoms. The van der Waals surface area contributed by atoms with Gasteiger partial charge in [0.05, 0.1) is 11.1 Å². The van der Waals surface area contributed by atoms with Crippen molar-refractivity contribution < 1.29 is 31.1 Å². The minimum absolute atomic E-state index is 0.0147. The van der Waals surface area contributed by atoms with Crippen LogP contribution in [0.3, 0.4) is 0 Å². The van der Waals surface area contributed by atoms with E-state index in [4.69, 9.17) is 10.5 Å². The van der Waals surface area contributed by atoms with Crippen LogP contribution in [0.2, 0.25) is 0 Å². The molecule has 140 valence electrons. The van der Waals surface area contributed by atoms with Crippen LogP contribution in [0.15, 0.2) is 36.4 Å². The molecular weight excluding hydrogens is 360 g/mol. The number of nitrogens with two attached hydrogens (primary N) is 1. The van der Waals surface area contributed by atoms with E-state index in [1.807, 2.05) is 0 Å². The summed E-state index contributed by atoms with van der Waals surface area (Å²) in [6, 6.07) is 5.95. The molecule has 0 saturated carbocycles. The van der Waals surface area contributed by atoms with Crippen LogP contribution >= 0.6 is 0 Å². The van der Waals surface area contributed by atoms with E-state index >= 15 is 0 Å². The lowest BCUT2D eigenvalue weighted by molar-refractivity contribution is -0.141. The molecular formula is C18H15F6NO. The average Bonchev–Trinajstić information content (AvgIpc) is 2.58. The molecule has 3 rings (SSSR count). The molecule has 0 aliphatic carbocycles. The summed E-state index contributed by atoms with van der Waals surface area (Å²) < 4.78 is 85.0. The molecule has 0 spiro atoms. The Kier molecular flexibility index (Phi) is 4.64. The predicted octanol–water partition coefficient (Wildman–Crippen LogP) is 5.04. The largest absolute Gasteiger partial charge is 0.488 e. The average molecular weight is 375 g/mol. The zero-order valence-electron chi connectivity index (χ0n) is 13.4. The van der Waals surface area contributed by atoms with Crippen molar-refractivity contribution in [1.29, 1.82) is 0 Å². The smallest absolute Gasteiger partial charge is 0.417 e. The van der Waals surface area contributed by atoms with Gasteiger partial charge in [0.15, 0.2) is 0 Å². The highest BCUT2D eigenvalue weighted by molar-refractivity contribution is 5.76. The van der Waals surface area contributed by atoms with Gasteiger partial charge >= 0.3 is 12.4 Å². The minimum atomic E-state index is -4.80. The Hall–Kier alpha value is -2.22. The van der Waals surface area contributed by atoms with Crippen molar-refractivity contribution in [2.24, 2.45) is 5.73 Å². The molecule has 1 atom stereocenters. The SMILES string of the molecule is NC[C@H]1CCc2cccc(-c3cc(C(F)(F)F)ccc3C(F)(F)F)c2O1. The summed E-state index contributed by atoms with van der Waals surface area (Å²) in [6.45, 7) is 0.169. The monoisotopic (exact) mass is 375 g/mol. The normalized spacial score (nSPS) is 17.6. The molecule has 1 heterocycles. The summed E-state index contributed by atoms with van der Waals surface area (Å²) >= 11 is 0. The number of benzene rings is 2. The second-order valence-electron chi connectivity index (χ2n) is 6.06. The maximum absolute atomic E-state index is 13.4. The van der Waals surface area contributed by atoms with Gasteiger partial charge in [-0.15, -0.1) is 0 Å². The van der Waals surface area contributed by atoms with Crippen LogP contribution in [0, 0.1) is 0 Å². The van der Waals surface area contributed by atoms with E-state index in [9.17, 15) is 26.3 Å². The predicted molar refractivity (Wildman–Crippen MR) is 83.7 cm³/mol. The number of hydrogen-bond donors (Lipinski definition) is 1. The number of ether oxygens (including phenoxy) is 1. The standard InChI is InChI=1S/C18H15F6NO/c19-17(20,21)11-5-7-15(18(22,23)24)14(8-11)13-3-1-2-10-4-6-12(9-25)26-16(10)13/h1-3,5,7-8,12H,4,6,9,25H2/t12-/m1/s1. The third-order valence-electron chi connectivity index (χ3n) is 4.32. The number of aryl methyl sites for hydroxylation is 1. The van der Waals surface area contributed by atoms with E-state index in [0.29, 0.717) is 36.6 Å². The summed E-state index contributed by atoms with van der Waals surface area (Å²) in [4.78, 5) is 0. The first-order valence-corrected chi connectivity index (χ1v) is 7.88. The lowest BCUT2D eigenvalue weighted by atomic mass is 9.91. The topological polar surface area (TPSA) is 35.2 Å². The molecule has 0 bridgehead atoms. The minimum Gasteiger partial charge on any atom is -0.488 e. The zero-order chi connectivity index (χ0) is 19.1. The van der Waals surface area contributed by atoms with Gasteiger partial charge in [-0.1, -0.05) is 18.2 Å². The first-order chi connectivity index (χ1) is 12.1. The van der Waals surface area contributed by atoms with Crippen molar-refractivity contribution in [2.45, 2.75) is 31.3 Å². The van der Waals surface area contributed by atoms with E-state index in [2.05, 4.69) is 0 Å². The lowest BCUT2D eigenvalue weighted by Gasteiger charge is -2.28. The van der Waals surface area contributed by atoms with Crippen LogP contribution in [0.25, 0.3) is 11.1 Å². The zero-order valence-corrected chi connectivity index (χ0v) is 13.4. The molecule has 0 fully saturated rings. The number of para-hydroxylation sites is 1. The lowest BCUT2D eigenvalue weighted by Crippen LogP contribution is -2.30. The van der Waals surface area contributed by atoms with Gasteiger partial charge in [0.25, 0.3) is 0 Å². The number of rotatable bonds is 2. The summed E-state index contributed by atoms with van der Waals surface area (Å²) in [5.74, 6) is 0.166. The molecule has 1 aliphatic rings. The summed E-state index contributed by atoms with van der Waals surface area (Å²) in [5.41, 5.74) is 3.37. The fraction of sp³-hybridized carbons (Fsp3) is 0.333. The van der Waals surface area contributed by atoms with Gasteiger partial charge in [-0.05, 0) is 42.2 Å². The van der Waals surface area contributed by atoms with Crippen molar-refractivity contribution in [3.8, 4) is 16.9 Å². The van der Waals surface area contributed by atoms with Crippen molar-refractivity contribution >= 4 is 0 Å². The highest BCUT2D eigenvalue weighted by Crippen LogP contribution is 2.45. The van der Waals surface area contributed by atoms with E-state index in [0.717, 1.165) is 0 Å². The number of halogens is 6. The Labute approximate surface area is 145 Å². The van der Waals surface area contributed by atoms with Crippen LogP contribution in [-0.4, -0.2) is 12.6 Å². The van der Waals surface area contributed by atoms with Gasteiger partial charge in [-0.2, -0.15) is 26.3 Å². The van der Waals surface area contributed by atoms with E-state index in [1.165, 1.54) is 12.1 Å². The van der Waals surface area contributed by atoms with Crippen LogP contribution in [0.1, 0.15) is 23.1 Å². The van der Waals surface area contributed by atoms with E-state index in [1.54, 1.807) is 6.07 Å². The van der Waals surface area contributed by atoms with Gasteiger partial charge < -0.3 is 10.5 Å². The summed E-state index contributed by atoms with van der Waals surface area (Å²) in [6.07, 6.45) is -8.81. The van der Waals surface area contributed by atoms with Gasteiger partial charge in [-0.3, -0.25) is 0 Å². The molecule has 2 N–H and O–H groups in total. The summed E-state index contributed by atoms with van der Waals surface area (Å²) in [7, 11) is 0. The number of alkyl halides is 6. The van der Waals surface area contributed by atoms with Crippen LogP contribution < -0.4 is 10.5 Å². The summed E-state index contributed by atoms with van der Waals surface area (Å²) in [5, 5.41) is 0. The Morgan fingerprint density at radius 2 is 1.69 bits per heavy atom. The molecule has 0 amide bonds. The molecule has 0 unspecified atom stereocenters. The van der Waals surface area contributed by atoms with Gasteiger partial charge in [0.2, 0.25) is 0 Å². The molecule has 1 aliphatic heterocycles. The Morgan fingerprint density at radius 3 is 2.31 bits per heavy atom. The van der Waals surface area contributed by atoms with Crippen molar-refractivity contribution in [3.63, 3.8) is 0 Å². The molecule has 2 aromatic rings. The third kappa shape index (κ3) is 3.51. The quantitative estimate of drug-likeness (QED) is 0.746. The van der Waals surface area contributed by atoms with Gasteiger partial charge in [-0.25, -0.2) is 0 Å². The second kappa shape index (κ2) is 6.50. The van der Waals surface area contributed by atoms with Crippen molar-refractivity contribution in [3.05, 3.63) is 53.1 Å². The van der Waals surface area contributed by atoms with E-state index < -0.39 is 29.0 Å². The number of fused-ring (bicyclic) bond motifs is 1. The molecule has 0 saturated heterocycles. The van der Waals surface area contributed by atoms with Crippen LogP contribution in [0.4, 0.5) is 26.3 Å². The van der Waals surface area contributed by atoms with Gasteiger partial charge in [0.1, 0.15) is 11.9 Å². The Bertz CT molecular complexity index is 812. The maximum atomic E-state index is 13.4. The molecule has 0 aromatic heterocycles. The van der Waals surface area contributed by atoms with E-state index in [-0.39, 0.29) is 24.0 Å². The molecule has 2 aromatic carbocycles. The van der Waals surface area contributed by atoms with Gasteiger partial charge in [0, 0.05) is 12.1 Å². The highest BCUT2D eigenvalue weighted by Gasteiger charge is 2.38.